The van der Waals surface area contributed by atoms with Crippen LogP contribution in [0.3, 0.4) is 0 Å². The van der Waals surface area contributed by atoms with Crippen LogP contribution in [0.4, 0.5) is 13.2 Å². The van der Waals surface area contributed by atoms with Gasteiger partial charge < -0.3 is 11.1 Å². The summed E-state index contributed by atoms with van der Waals surface area (Å²) in [5.74, 6) is -0.329. The molecule has 6 heteroatoms. The van der Waals surface area contributed by atoms with Gasteiger partial charge in [0.1, 0.15) is 0 Å². The third-order valence-electron chi connectivity index (χ3n) is 3.09. The molecule has 112 valence electrons. The number of rotatable bonds is 4. The second kappa shape index (κ2) is 5.83. The van der Waals surface area contributed by atoms with E-state index >= 15 is 0 Å². The summed E-state index contributed by atoms with van der Waals surface area (Å²) in [5, 5.41) is 2.63. The van der Waals surface area contributed by atoms with E-state index in [2.05, 4.69) is 5.32 Å². The standard InChI is InChI=1S/C14H19F3N2O/c1-9(18)12(20)19-8-13(2,3)10-5-4-6-11(7-10)14(15,16)17/h4-7,9H,8,18H2,1-3H3,(H,19,20)/t9-/m0/s1. The summed E-state index contributed by atoms with van der Waals surface area (Å²) < 4.78 is 38.1. The molecule has 0 bridgehead atoms. The van der Waals surface area contributed by atoms with Crippen molar-refractivity contribution in [2.45, 2.75) is 38.4 Å². The summed E-state index contributed by atoms with van der Waals surface area (Å²) in [5.41, 5.74) is 4.62. The first-order valence-corrected chi connectivity index (χ1v) is 6.25. The van der Waals surface area contributed by atoms with Crippen molar-refractivity contribution in [1.82, 2.24) is 5.32 Å². The lowest BCUT2D eigenvalue weighted by atomic mass is 9.83. The minimum absolute atomic E-state index is 0.217. The zero-order valence-corrected chi connectivity index (χ0v) is 11.7. The van der Waals surface area contributed by atoms with E-state index in [1.54, 1.807) is 26.8 Å². The van der Waals surface area contributed by atoms with Crippen LogP contribution < -0.4 is 11.1 Å². The van der Waals surface area contributed by atoms with E-state index in [1.807, 2.05) is 0 Å². The van der Waals surface area contributed by atoms with Crippen molar-refractivity contribution in [3.05, 3.63) is 35.4 Å². The highest BCUT2D eigenvalue weighted by atomic mass is 19.4. The van der Waals surface area contributed by atoms with Gasteiger partial charge in [-0.05, 0) is 18.6 Å². The fraction of sp³-hybridized carbons (Fsp3) is 0.500. The third kappa shape index (κ3) is 4.23. The number of alkyl halides is 3. The normalized spacial score (nSPS) is 13.9. The maximum atomic E-state index is 12.7. The lowest BCUT2D eigenvalue weighted by Gasteiger charge is -2.27. The Morgan fingerprint density at radius 1 is 1.30 bits per heavy atom. The molecule has 1 aromatic rings. The van der Waals surface area contributed by atoms with Gasteiger partial charge in [0.2, 0.25) is 5.91 Å². The van der Waals surface area contributed by atoms with Crippen molar-refractivity contribution < 1.29 is 18.0 Å². The first-order valence-electron chi connectivity index (χ1n) is 6.25. The number of amides is 1. The quantitative estimate of drug-likeness (QED) is 0.894. The lowest BCUT2D eigenvalue weighted by Crippen LogP contribution is -2.43. The van der Waals surface area contributed by atoms with E-state index in [0.717, 1.165) is 12.1 Å². The van der Waals surface area contributed by atoms with Crippen molar-refractivity contribution in [1.29, 1.82) is 0 Å². The second-order valence-electron chi connectivity index (χ2n) is 5.47. The van der Waals surface area contributed by atoms with E-state index < -0.39 is 23.2 Å². The average Bonchev–Trinajstić information content (AvgIpc) is 2.35. The molecule has 0 spiro atoms. The van der Waals surface area contributed by atoms with Crippen LogP contribution in [0.1, 0.15) is 31.9 Å². The molecule has 1 atom stereocenters. The molecule has 0 aromatic heterocycles. The average molecular weight is 288 g/mol. The van der Waals surface area contributed by atoms with Crippen LogP contribution in [-0.2, 0) is 16.4 Å². The Balaban J connectivity index is 2.90. The molecule has 1 aromatic carbocycles. The summed E-state index contributed by atoms with van der Waals surface area (Å²) in [7, 11) is 0. The molecule has 0 aliphatic heterocycles. The van der Waals surface area contributed by atoms with Crippen molar-refractivity contribution in [2.24, 2.45) is 5.73 Å². The Morgan fingerprint density at radius 2 is 1.85 bits per heavy atom. The Labute approximate surface area is 116 Å². The lowest BCUT2D eigenvalue weighted by molar-refractivity contribution is -0.137. The van der Waals surface area contributed by atoms with E-state index in [4.69, 9.17) is 5.73 Å². The van der Waals surface area contributed by atoms with Crippen molar-refractivity contribution in [2.75, 3.05) is 6.54 Å². The number of carbonyl (C=O) groups excluding carboxylic acids is 1. The van der Waals surface area contributed by atoms with E-state index in [0.29, 0.717) is 5.56 Å². The summed E-state index contributed by atoms with van der Waals surface area (Å²) in [6, 6.07) is 4.48. The zero-order chi connectivity index (χ0) is 15.6. The summed E-state index contributed by atoms with van der Waals surface area (Å²) in [6.07, 6.45) is -4.37. The van der Waals surface area contributed by atoms with Crippen molar-refractivity contribution in [3.8, 4) is 0 Å². The van der Waals surface area contributed by atoms with Gasteiger partial charge in [-0.15, -0.1) is 0 Å². The molecule has 1 amide bonds. The topological polar surface area (TPSA) is 55.1 Å². The predicted molar refractivity (Wildman–Crippen MR) is 71.1 cm³/mol. The van der Waals surface area contributed by atoms with Gasteiger partial charge in [-0.3, -0.25) is 4.79 Å². The number of halogens is 3. The first-order chi connectivity index (χ1) is 9.04. The fourth-order valence-electron chi connectivity index (χ4n) is 1.69. The van der Waals surface area contributed by atoms with Gasteiger partial charge in [0.25, 0.3) is 0 Å². The molecule has 0 saturated carbocycles. The van der Waals surface area contributed by atoms with Gasteiger partial charge in [0, 0.05) is 12.0 Å². The SMILES string of the molecule is C[C@H](N)C(=O)NCC(C)(C)c1cccc(C(F)(F)F)c1. The maximum absolute atomic E-state index is 12.7. The number of hydrogen-bond donors (Lipinski definition) is 2. The molecule has 1 rings (SSSR count). The van der Waals surface area contributed by atoms with Crippen LogP contribution in [0.15, 0.2) is 24.3 Å². The molecule has 0 radical (unpaired) electrons. The van der Waals surface area contributed by atoms with Gasteiger partial charge in [0.05, 0.1) is 11.6 Å². The number of nitrogens with two attached hydrogens (primary N) is 1. The first kappa shape index (κ1) is 16.5. The second-order valence-corrected chi connectivity index (χ2v) is 5.47. The van der Waals surface area contributed by atoms with Gasteiger partial charge in [0.15, 0.2) is 0 Å². The van der Waals surface area contributed by atoms with Crippen molar-refractivity contribution >= 4 is 5.91 Å². The molecule has 0 unspecified atom stereocenters. The maximum Gasteiger partial charge on any atom is 0.416 e. The molecule has 0 aliphatic carbocycles. The summed E-state index contributed by atoms with van der Waals surface area (Å²) in [4.78, 5) is 11.4. The Kier molecular flexibility index (Phi) is 4.81. The summed E-state index contributed by atoms with van der Waals surface area (Å²) >= 11 is 0. The van der Waals surface area contributed by atoms with Gasteiger partial charge in [-0.2, -0.15) is 13.2 Å². The molecule has 0 fully saturated rings. The minimum atomic E-state index is -4.37. The van der Waals surface area contributed by atoms with Gasteiger partial charge in [-0.1, -0.05) is 32.0 Å². The van der Waals surface area contributed by atoms with Crippen LogP contribution >= 0.6 is 0 Å². The minimum Gasteiger partial charge on any atom is -0.354 e. The predicted octanol–water partition coefficient (Wildman–Crippen LogP) is 2.45. The molecule has 0 saturated heterocycles. The number of nitrogens with one attached hydrogen (secondary N) is 1. The smallest absolute Gasteiger partial charge is 0.354 e. The fourth-order valence-corrected chi connectivity index (χ4v) is 1.69. The van der Waals surface area contributed by atoms with Gasteiger partial charge >= 0.3 is 6.18 Å². The molecule has 3 N–H and O–H groups in total. The Morgan fingerprint density at radius 3 is 2.35 bits per heavy atom. The number of hydrogen-bond acceptors (Lipinski definition) is 2. The highest BCUT2D eigenvalue weighted by Crippen LogP contribution is 2.32. The Hall–Kier alpha value is -1.56. The molecular formula is C14H19F3N2O. The van der Waals surface area contributed by atoms with E-state index in [1.165, 1.54) is 6.07 Å². The zero-order valence-electron chi connectivity index (χ0n) is 11.7. The summed E-state index contributed by atoms with van der Waals surface area (Å²) in [6.45, 7) is 5.30. The molecule has 0 aliphatic rings. The van der Waals surface area contributed by atoms with Crippen LogP contribution in [0.5, 0.6) is 0 Å². The molecule has 0 heterocycles. The molecular weight excluding hydrogens is 269 g/mol. The Bertz CT molecular complexity index is 482. The van der Waals surface area contributed by atoms with Crippen molar-refractivity contribution in [3.63, 3.8) is 0 Å². The third-order valence-corrected chi connectivity index (χ3v) is 3.09. The van der Waals surface area contributed by atoms with Crippen LogP contribution in [0.2, 0.25) is 0 Å². The molecule has 20 heavy (non-hydrogen) atoms. The van der Waals surface area contributed by atoms with Crippen LogP contribution in [0.25, 0.3) is 0 Å². The monoisotopic (exact) mass is 288 g/mol. The number of benzene rings is 1. The van der Waals surface area contributed by atoms with Gasteiger partial charge in [-0.25, -0.2) is 0 Å². The van der Waals surface area contributed by atoms with E-state index in [9.17, 15) is 18.0 Å². The highest BCUT2D eigenvalue weighted by Gasteiger charge is 2.32. The largest absolute Gasteiger partial charge is 0.416 e. The van der Waals surface area contributed by atoms with Crippen LogP contribution in [0, 0.1) is 0 Å². The highest BCUT2D eigenvalue weighted by molar-refractivity contribution is 5.81. The van der Waals surface area contributed by atoms with E-state index in [-0.39, 0.29) is 12.5 Å². The number of carbonyl (C=O) groups is 1. The van der Waals surface area contributed by atoms with Crippen LogP contribution in [-0.4, -0.2) is 18.5 Å². The molecule has 3 nitrogen and oxygen atoms in total.